The molecule has 2 amide bonds. The van der Waals surface area contributed by atoms with Crippen LogP contribution in [0.15, 0.2) is 35.7 Å². The summed E-state index contributed by atoms with van der Waals surface area (Å²) in [6.07, 6.45) is -0.931. The van der Waals surface area contributed by atoms with Crippen LogP contribution in [0.1, 0.15) is 11.0 Å². The summed E-state index contributed by atoms with van der Waals surface area (Å²) >= 11 is 1.31. The first-order valence-electron chi connectivity index (χ1n) is 6.23. The van der Waals surface area contributed by atoms with Crippen LogP contribution < -0.4 is 10.6 Å². The van der Waals surface area contributed by atoms with Gasteiger partial charge in [0.05, 0.1) is 5.69 Å². The molecule has 22 heavy (non-hydrogen) atoms. The normalized spacial score (nSPS) is 11.8. The third-order valence-corrected chi connectivity index (χ3v) is 3.69. The summed E-state index contributed by atoms with van der Waals surface area (Å²) in [7, 11) is 0. The fraction of sp³-hybridized carbons (Fsp3) is 0.143. The number of amides is 2. The topological polar surface area (TPSA) is 78.4 Å². The Bertz CT molecular complexity index is 677. The highest BCUT2D eigenvalue weighted by Crippen LogP contribution is 2.18. The van der Waals surface area contributed by atoms with Gasteiger partial charge in [-0.2, -0.15) is 0 Å². The van der Waals surface area contributed by atoms with E-state index in [4.69, 9.17) is 0 Å². The molecule has 2 rings (SSSR count). The highest BCUT2D eigenvalue weighted by molar-refractivity contribution is 7.10. The molecular formula is C14H12F2N2O3S. The fourth-order valence-electron chi connectivity index (χ4n) is 1.62. The molecule has 0 aliphatic heterocycles. The van der Waals surface area contributed by atoms with Crippen LogP contribution in [0.3, 0.4) is 0 Å². The maximum absolute atomic E-state index is 13.3. The Balaban J connectivity index is 1.88. The van der Waals surface area contributed by atoms with Gasteiger partial charge in [-0.15, -0.1) is 11.3 Å². The van der Waals surface area contributed by atoms with Crippen molar-refractivity contribution in [3.05, 3.63) is 52.2 Å². The molecule has 0 radical (unpaired) electrons. The molecule has 1 heterocycles. The second-order valence-electron chi connectivity index (χ2n) is 4.32. The van der Waals surface area contributed by atoms with Crippen LogP contribution in [0.2, 0.25) is 0 Å². The van der Waals surface area contributed by atoms with E-state index in [9.17, 15) is 23.5 Å². The van der Waals surface area contributed by atoms with Crippen LogP contribution in [0.5, 0.6) is 0 Å². The molecule has 0 fully saturated rings. The summed E-state index contributed by atoms with van der Waals surface area (Å²) in [4.78, 5) is 23.8. The second kappa shape index (κ2) is 7.10. The lowest BCUT2D eigenvalue weighted by atomic mass is 10.3. The molecule has 3 N–H and O–H groups in total. The molecule has 1 aromatic carbocycles. The lowest BCUT2D eigenvalue weighted by Gasteiger charge is -2.10. The number of hydrogen-bond donors (Lipinski definition) is 3. The first kappa shape index (κ1) is 16.1. The van der Waals surface area contributed by atoms with Gasteiger partial charge in [-0.05, 0) is 23.6 Å². The molecule has 0 aliphatic carbocycles. The van der Waals surface area contributed by atoms with Gasteiger partial charge in [0.2, 0.25) is 0 Å². The van der Waals surface area contributed by atoms with Gasteiger partial charge >= 0.3 is 11.8 Å². The van der Waals surface area contributed by atoms with E-state index < -0.39 is 29.6 Å². The zero-order chi connectivity index (χ0) is 16.1. The number of aliphatic hydroxyl groups is 1. The van der Waals surface area contributed by atoms with Crippen LogP contribution >= 0.6 is 11.3 Å². The van der Waals surface area contributed by atoms with Crippen molar-refractivity contribution in [2.45, 2.75) is 6.10 Å². The van der Waals surface area contributed by atoms with Gasteiger partial charge in [-0.3, -0.25) is 9.59 Å². The molecule has 8 heteroatoms. The number of hydrogen-bond acceptors (Lipinski definition) is 4. The van der Waals surface area contributed by atoms with Crippen molar-refractivity contribution in [3.8, 4) is 0 Å². The zero-order valence-electron chi connectivity index (χ0n) is 11.2. The van der Waals surface area contributed by atoms with Gasteiger partial charge < -0.3 is 15.7 Å². The molecule has 0 aliphatic rings. The van der Waals surface area contributed by atoms with Crippen molar-refractivity contribution in [2.24, 2.45) is 0 Å². The first-order chi connectivity index (χ1) is 10.5. The number of aliphatic hydroxyl groups excluding tert-OH is 1. The molecular weight excluding hydrogens is 314 g/mol. The molecule has 116 valence electrons. The molecule has 2 aromatic rings. The maximum atomic E-state index is 13.3. The number of benzene rings is 1. The Morgan fingerprint density at radius 3 is 2.64 bits per heavy atom. The summed E-state index contributed by atoms with van der Waals surface area (Å²) in [6, 6.07) is 5.99. The Morgan fingerprint density at radius 1 is 1.23 bits per heavy atom. The van der Waals surface area contributed by atoms with E-state index in [1.165, 1.54) is 11.3 Å². The Hall–Kier alpha value is -2.32. The van der Waals surface area contributed by atoms with E-state index in [0.717, 1.165) is 12.1 Å². The molecule has 1 atom stereocenters. The molecule has 5 nitrogen and oxygen atoms in total. The number of anilines is 1. The molecule has 0 bridgehead atoms. The molecule has 0 spiro atoms. The zero-order valence-corrected chi connectivity index (χ0v) is 12.0. The van der Waals surface area contributed by atoms with Crippen molar-refractivity contribution >= 4 is 28.8 Å². The molecule has 1 aromatic heterocycles. The number of rotatable bonds is 4. The maximum Gasteiger partial charge on any atom is 0.313 e. The average molecular weight is 326 g/mol. The highest BCUT2D eigenvalue weighted by Gasteiger charge is 2.17. The Labute approximate surface area is 128 Å². The largest absolute Gasteiger partial charge is 0.386 e. The van der Waals surface area contributed by atoms with Crippen LogP contribution in [-0.4, -0.2) is 23.5 Å². The number of carbonyl (C=O) groups is 2. The van der Waals surface area contributed by atoms with Gasteiger partial charge in [-0.25, -0.2) is 8.78 Å². The SMILES string of the molecule is O=C(NC[C@H](O)c1cccs1)C(=O)Nc1ccc(F)cc1F. The van der Waals surface area contributed by atoms with Gasteiger partial charge in [-0.1, -0.05) is 6.07 Å². The third kappa shape index (κ3) is 4.09. The van der Waals surface area contributed by atoms with Crippen molar-refractivity contribution < 1.29 is 23.5 Å². The van der Waals surface area contributed by atoms with E-state index in [-0.39, 0.29) is 12.2 Å². The van der Waals surface area contributed by atoms with Gasteiger partial charge in [0.25, 0.3) is 0 Å². The summed E-state index contributed by atoms with van der Waals surface area (Å²) in [5.74, 6) is -3.91. The van der Waals surface area contributed by atoms with Crippen LogP contribution in [-0.2, 0) is 9.59 Å². The number of nitrogens with one attached hydrogen (secondary N) is 2. The quantitative estimate of drug-likeness (QED) is 0.750. The summed E-state index contributed by atoms with van der Waals surface area (Å²) in [6.45, 7) is -0.154. The highest BCUT2D eigenvalue weighted by atomic mass is 32.1. The minimum atomic E-state index is -1.11. The number of halogens is 2. The van der Waals surface area contributed by atoms with E-state index in [2.05, 4.69) is 5.32 Å². The summed E-state index contributed by atoms with van der Waals surface area (Å²) in [5.41, 5.74) is -0.305. The van der Waals surface area contributed by atoms with Crippen molar-refractivity contribution in [2.75, 3.05) is 11.9 Å². The van der Waals surface area contributed by atoms with Crippen LogP contribution in [0, 0.1) is 11.6 Å². The number of carbonyl (C=O) groups excluding carboxylic acids is 2. The van der Waals surface area contributed by atoms with Crippen LogP contribution in [0.4, 0.5) is 14.5 Å². The van der Waals surface area contributed by atoms with Crippen molar-refractivity contribution in [3.63, 3.8) is 0 Å². The summed E-state index contributed by atoms with van der Waals surface area (Å²) in [5, 5.41) is 15.8. The fourth-order valence-corrected chi connectivity index (χ4v) is 2.33. The van der Waals surface area contributed by atoms with E-state index in [1.54, 1.807) is 17.5 Å². The number of thiophene rings is 1. The lowest BCUT2D eigenvalue weighted by Crippen LogP contribution is -2.37. The Morgan fingerprint density at radius 2 is 2.00 bits per heavy atom. The minimum Gasteiger partial charge on any atom is -0.386 e. The van der Waals surface area contributed by atoms with E-state index >= 15 is 0 Å². The second-order valence-corrected chi connectivity index (χ2v) is 5.30. The predicted molar refractivity (Wildman–Crippen MR) is 77.3 cm³/mol. The van der Waals surface area contributed by atoms with Gasteiger partial charge in [0, 0.05) is 17.5 Å². The van der Waals surface area contributed by atoms with E-state index in [0.29, 0.717) is 10.9 Å². The molecule has 0 saturated heterocycles. The summed E-state index contributed by atoms with van der Waals surface area (Å²) < 4.78 is 26.1. The smallest absolute Gasteiger partial charge is 0.313 e. The van der Waals surface area contributed by atoms with Crippen molar-refractivity contribution in [1.82, 2.24) is 5.32 Å². The molecule has 0 unspecified atom stereocenters. The van der Waals surface area contributed by atoms with E-state index in [1.807, 2.05) is 5.32 Å². The van der Waals surface area contributed by atoms with Gasteiger partial charge in [0.1, 0.15) is 17.7 Å². The molecule has 0 saturated carbocycles. The lowest BCUT2D eigenvalue weighted by molar-refractivity contribution is -0.136. The van der Waals surface area contributed by atoms with Gasteiger partial charge in [0.15, 0.2) is 0 Å². The minimum absolute atomic E-state index is 0.154. The standard InChI is InChI=1S/C14H12F2N2O3S/c15-8-3-4-10(9(16)6-8)18-14(21)13(20)17-7-11(19)12-2-1-5-22-12/h1-6,11,19H,7H2,(H,17,20)(H,18,21)/t11-/m0/s1. The first-order valence-corrected chi connectivity index (χ1v) is 7.11. The monoisotopic (exact) mass is 326 g/mol. The van der Waals surface area contributed by atoms with Crippen LogP contribution in [0.25, 0.3) is 0 Å². The average Bonchev–Trinajstić information content (AvgIpc) is 3.01. The third-order valence-electron chi connectivity index (χ3n) is 2.71. The predicted octanol–water partition coefficient (Wildman–Crippen LogP) is 1.81. The van der Waals surface area contributed by atoms with Crippen molar-refractivity contribution in [1.29, 1.82) is 0 Å². The Kier molecular flexibility index (Phi) is 5.18.